The summed E-state index contributed by atoms with van der Waals surface area (Å²) in [6.07, 6.45) is 1.65. The molecule has 0 aliphatic rings. The molecule has 3 rings (SSSR count). The Labute approximate surface area is 199 Å². The summed E-state index contributed by atoms with van der Waals surface area (Å²) in [5, 5.41) is 3.16. The Morgan fingerprint density at radius 1 is 1.24 bits per heavy atom. The van der Waals surface area contributed by atoms with Crippen LogP contribution in [-0.4, -0.2) is 55.5 Å². The predicted octanol–water partition coefficient (Wildman–Crippen LogP) is 3.81. The number of methoxy groups -OCH3 is 2. The number of rotatable bonds is 9. The summed E-state index contributed by atoms with van der Waals surface area (Å²) in [6.45, 7) is 4.34. The van der Waals surface area contributed by atoms with Gasteiger partial charge in [-0.15, -0.1) is 0 Å². The van der Waals surface area contributed by atoms with Crippen LogP contribution in [-0.2, 0) is 16.1 Å². The molecule has 0 saturated carbocycles. The first kappa shape index (κ1) is 24.8. The smallest absolute Gasteiger partial charge is 0.299 e. The number of anilines is 2. The number of carbonyl (C=O) groups excluding carboxylic acids is 1. The fraction of sp³-hybridized carbons (Fsp3) is 0.320. The van der Waals surface area contributed by atoms with Gasteiger partial charge in [-0.05, 0) is 31.5 Å². The van der Waals surface area contributed by atoms with E-state index in [-0.39, 0.29) is 18.5 Å². The summed E-state index contributed by atoms with van der Waals surface area (Å²) >= 11 is 0. The highest BCUT2D eigenvalue weighted by Crippen LogP contribution is 2.30. The van der Waals surface area contributed by atoms with Gasteiger partial charge in [0.2, 0.25) is 11.8 Å². The minimum atomic E-state index is -0.137. The number of carbonyl (C=O) groups is 1. The third-order valence-corrected chi connectivity index (χ3v) is 5.05. The number of ether oxygens (including phenoxy) is 2. The molecule has 0 saturated heterocycles. The van der Waals surface area contributed by atoms with E-state index in [0.29, 0.717) is 30.0 Å². The van der Waals surface area contributed by atoms with Crippen molar-refractivity contribution in [2.45, 2.75) is 26.4 Å². The molecule has 34 heavy (non-hydrogen) atoms. The number of aliphatic imine (C=N–C) groups is 1. The number of likely N-dealkylation sites (N-methyl/N-ethyl adjacent to an activating group) is 1. The van der Waals surface area contributed by atoms with E-state index in [9.17, 15) is 4.79 Å². The highest BCUT2D eigenvalue weighted by molar-refractivity contribution is 5.97. The van der Waals surface area contributed by atoms with Gasteiger partial charge in [0.15, 0.2) is 5.76 Å². The molecule has 1 amide bonds. The number of benzene rings is 2. The Hall–Kier alpha value is -3.85. The van der Waals surface area contributed by atoms with Gasteiger partial charge >= 0.3 is 0 Å². The van der Waals surface area contributed by atoms with Crippen molar-refractivity contribution in [2.75, 3.05) is 33.1 Å². The Kier molecular flexibility index (Phi) is 8.26. The van der Waals surface area contributed by atoms with Crippen LogP contribution in [0.15, 0.2) is 58.1 Å². The lowest BCUT2D eigenvalue weighted by molar-refractivity contribution is -0.128. The second kappa shape index (κ2) is 11.3. The van der Waals surface area contributed by atoms with Crippen LogP contribution in [0.5, 0.6) is 5.75 Å². The van der Waals surface area contributed by atoms with E-state index in [4.69, 9.17) is 19.6 Å². The molecule has 0 fully saturated rings. The summed E-state index contributed by atoms with van der Waals surface area (Å²) in [7, 11) is 4.90. The van der Waals surface area contributed by atoms with Crippen LogP contribution in [0, 0.1) is 0 Å². The van der Waals surface area contributed by atoms with Crippen LogP contribution in [0.1, 0.15) is 25.0 Å². The van der Waals surface area contributed by atoms with Gasteiger partial charge in [0.25, 0.3) is 6.01 Å². The Morgan fingerprint density at radius 3 is 2.68 bits per heavy atom. The molecular weight excluding hydrogens is 434 g/mol. The van der Waals surface area contributed by atoms with Gasteiger partial charge in [-0.3, -0.25) is 4.79 Å². The summed E-state index contributed by atoms with van der Waals surface area (Å²) in [4.78, 5) is 22.3. The minimum Gasteiger partial charge on any atom is -0.496 e. The lowest BCUT2D eigenvalue weighted by atomic mass is 10.1. The third-order valence-electron chi connectivity index (χ3n) is 5.05. The normalized spacial score (nSPS) is 11.4. The van der Waals surface area contributed by atoms with Gasteiger partial charge in [0.1, 0.15) is 5.75 Å². The van der Waals surface area contributed by atoms with Crippen molar-refractivity contribution in [3.05, 3.63) is 59.8 Å². The van der Waals surface area contributed by atoms with Gasteiger partial charge in [0, 0.05) is 37.0 Å². The SMILES string of the molecule is COC(=NC(C)C)c1ccc(Nc2ncc(-c3ccccc3CN(C)C(=O)CN)o2)cc1OC. The quantitative estimate of drug-likeness (QED) is 0.365. The molecular formula is C25H31N5O4. The van der Waals surface area contributed by atoms with Gasteiger partial charge in [-0.2, -0.15) is 0 Å². The molecule has 3 aromatic rings. The topological polar surface area (TPSA) is 115 Å². The lowest BCUT2D eigenvalue weighted by Gasteiger charge is -2.17. The van der Waals surface area contributed by atoms with Gasteiger partial charge in [-0.25, -0.2) is 9.98 Å². The Morgan fingerprint density at radius 2 is 2.00 bits per heavy atom. The molecule has 9 nitrogen and oxygen atoms in total. The van der Waals surface area contributed by atoms with E-state index >= 15 is 0 Å². The van der Waals surface area contributed by atoms with E-state index in [1.165, 1.54) is 0 Å². The van der Waals surface area contributed by atoms with Gasteiger partial charge in [0.05, 0.1) is 32.5 Å². The molecule has 0 atom stereocenters. The summed E-state index contributed by atoms with van der Waals surface area (Å²) < 4.78 is 17.0. The molecule has 0 radical (unpaired) electrons. The standard InChI is InChI=1S/C25H31N5O4/c1-16(2)28-24(33-5)20-11-10-18(12-21(20)32-4)29-25-27-14-22(34-25)19-9-7-6-8-17(19)15-30(3)23(31)13-26/h6-12,14,16H,13,15,26H2,1-5H3,(H,27,29). The van der Waals surface area contributed by atoms with Gasteiger partial charge < -0.3 is 29.8 Å². The number of hydrogen-bond acceptors (Lipinski definition) is 8. The monoisotopic (exact) mass is 465 g/mol. The number of hydrogen-bond donors (Lipinski definition) is 2. The van der Waals surface area contributed by atoms with Crippen LogP contribution in [0.3, 0.4) is 0 Å². The highest BCUT2D eigenvalue weighted by atomic mass is 16.5. The van der Waals surface area contributed by atoms with Crippen molar-refractivity contribution < 1.29 is 18.7 Å². The first-order chi connectivity index (χ1) is 16.4. The van der Waals surface area contributed by atoms with E-state index in [2.05, 4.69) is 15.3 Å². The zero-order valence-electron chi connectivity index (χ0n) is 20.2. The maximum atomic E-state index is 11.9. The third kappa shape index (κ3) is 5.93. The summed E-state index contributed by atoms with van der Waals surface area (Å²) in [6, 6.07) is 13.7. The van der Waals surface area contributed by atoms with Crippen LogP contribution >= 0.6 is 0 Å². The maximum absolute atomic E-state index is 11.9. The largest absolute Gasteiger partial charge is 0.496 e. The Balaban J connectivity index is 1.83. The summed E-state index contributed by atoms with van der Waals surface area (Å²) in [5.41, 5.74) is 8.74. The zero-order valence-corrected chi connectivity index (χ0v) is 20.2. The summed E-state index contributed by atoms with van der Waals surface area (Å²) in [5.74, 6) is 1.56. The number of oxazole rings is 1. The maximum Gasteiger partial charge on any atom is 0.299 e. The van der Waals surface area contributed by atoms with Gasteiger partial charge in [-0.1, -0.05) is 24.3 Å². The molecule has 3 N–H and O–H groups in total. The molecule has 1 aromatic heterocycles. The number of aromatic nitrogens is 1. The van der Waals surface area contributed by atoms with Crippen LogP contribution in [0.25, 0.3) is 11.3 Å². The molecule has 0 aliphatic carbocycles. The number of nitrogens with zero attached hydrogens (tertiary/aromatic N) is 3. The second-order valence-corrected chi connectivity index (χ2v) is 7.91. The fourth-order valence-corrected chi connectivity index (χ4v) is 3.39. The van der Waals surface area contributed by atoms with E-state index < -0.39 is 0 Å². The molecule has 1 heterocycles. The average molecular weight is 466 g/mol. The average Bonchev–Trinajstić information content (AvgIpc) is 3.30. The number of nitrogens with one attached hydrogen (secondary N) is 1. The molecule has 0 aliphatic heterocycles. The fourth-order valence-electron chi connectivity index (χ4n) is 3.39. The van der Waals surface area contributed by atoms with Crippen molar-refractivity contribution in [1.82, 2.24) is 9.88 Å². The highest BCUT2D eigenvalue weighted by Gasteiger charge is 2.16. The van der Waals surface area contributed by atoms with Crippen molar-refractivity contribution >= 4 is 23.5 Å². The first-order valence-electron chi connectivity index (χ1n) is 10.9. The van der Waals surface area contributed by atoms with Crippen LogP contribution in [0.4, 0.5) is 11.7 Å². The predicted molar refractivity (Wildman–Crippen MR) is 132 cm³/mol. The molecule has 0 bridgehead atoms. The van der Waals surface area contributed by atoms with Crippen LogP contribution in [0.2, 0.25) is 0 Å². The Bertz CT molecular complexity index is 1160. The molecule has 2 aromatic carbocycles. The second-order valence-electron chi connectivity index (χ2n) is 7.91. The molecule has 180 valence electrons. The number of amides is 1. The van der Waals surface area contributed by atoms with Crippen molar-refractivity contribution in [2.24, 2.45) is 10.7 Å². The van der Waals surface area contributed by atoms with E-state index in [1.54, 1.807) is 32.4 Å². The van der Waals surface area contributed by atoms with E-state index in [1.807, 2.05) is 56.3 Å². The lowest BCUT2D eigenvalue weighted by Crippen LogP contribution is -2.32. The first-order valence-corrected chi connectivity index (χ1v) is 10.9. The molecule has 0 spiro atoms. The van der Waals surface area contributed by atoms with Crippen LogP contribution < -0.4 is 15.8 Å². The minimum absolute atomic E-state index is 0.0352. The van der Waals surface area contributed by atoms with E-state index in [0.717, 1.165) is 22.4 Å². The van der Waals surface area contributed by atoms with Crippen molar-refractivity contribution in [3.8, 4) is 17.1 Å². The molecule has 9 heteroatoms. The van der Waals surface area contributed by atoms with Crippen molar-refractivity contribution in [3.63, 3.8) is 0 Å². The zero-order chi connectivity index (χ0) is 24.7. The number of nitrogens with two attached hydrogens (primary N) is 1. The molecule has 0 unspecified atom stereocenters. The van der Waals surface area contributed by atoms with Crippen molar-refractivity contribution in [1.29, 1.82) is 0 Å².